The molecular weight excluding hydrogens is 464 g/mol. The van der Waals surface area contributed by atoms with Crippen LogP contribution >= 0.6 is 11.8 Å². The number of aryl methyl sites for hydroxylation is 1. The molecule has 0 radical (unpaired) electrons. The van der Waals surface area contributed by atoms with Crippen molar-refractivity contribution in [3.8, 4) is 0 Å². The van der Waals surface area contributed by atoms with Crippen molar-refractivity contribution in [1.29, 1.82) is 5.41 Å². The van der Waals surface area contributed by atoms with E-state index in [9.17, 15) is 9.59 Å². The standard InChI is InChI=1S/C25H26N6O3S/c1-16-12-19(17(2)30(16)15-18-6-4-3-5-7-18)13-20-23(26)31-25(27-24(20)33)35-21(28-31)14-22(32)29-8-10-34-11-9-29/h3-7,12-13,26H,8-11,14-15H2,1-2H3/b20-13+,26-23?. The molecule has 3 aliphatic rings. The second-order valence-electron chi connectivity index (χ2n) is 8.58. The number of aliphatic imine (C=N–C) groups is 1. The van der Waals surface area contributed by atoms with Crippen LogP contribution in [0.2, 0.25) is 0 Å². The molecule has 1 N–H and O–H groups in total. The molecule has 0 bridgehead atoms. The largest absolute Gasteiger partial charge is 0.378 e. The molecule has 4 heterocycles. The van der Waals surface area contributed by atoms with Crippen LogP contribution in [0, 0.1) is 19.3 Å². The summed E-state index contributed by atoms with van der Waals surface area (Å²) < 4.78 is 7.49. The third-order valence-corrected chi connectivity index (χ3v) is 7.17. The van der Waals surface area contributed by atoms with E-state index in [0.717, 1.165) is 23.5 Å². The number of aromatic nitrogens is 1. The molecule has 3 aliphatic heterocycles. The Bertz CT molecular complexity index is 1290. The second kappa shape index (κ2) is 9.63. The van der Waals surface area contributed by atoms with Gasteiger partial charge in [-0.1, -0.05) is 30.3 Å². The minimum Gasteiger partial charge on any atom is -0.378 e. The summed E-state index contributed by atoms with van der Waals surface area (Å²) in [5.41, 5.74) is 4.30. The monoisotopic (exact) mass is 490 g/mol. The number of amidine groups is 2. The van der Waals surface area contributed by atoms with Crippen LogP contribution in [-0.4, -0.2) is 68.6 Å². The van der Waals surface area contributed by atoms with Gasteiger partial charge in [0.25, 0.3) is 5.91 Å². The van der Waals surface area contributed by atoms with Crippen molar-refractivity contribution in [2.24, 2.45) is 10.1 Å². The Morgan fingerprint density at radius 2 is 1.94 bits per heavy atom. The van der Waals surface area contributed by atoms with Crippen molar-refractivity contribution in [3.05, 3.63) is 64.5 Å². The summed E-state index contributed by atoms with van der Waals surface area (Å²) in [6.45, 7) is 6.95. The molecule has 0 spiro atoms. The van der Waals surface area contributed by atoms with Crippen LogP contribution in [0.25, 0.3) is 6.08 Å². The molecule has 9 nitrogen and oxygen atoms in total. The van der Waals surface area contributed by atoms with Crippen molar-refractivity contribution in [2.75, 3.05) is 26.3 Å². The lowest BCUT2D eigenvalue weighted by atomic mass is 10.1. The zero-order valence-electron chi connectivity index (χ0n) is 19.7. The maximum atomic E-state index is 12.8. The Hall–Kier alpha value is -3.50. The van der Waals surface area contributed by atoms with Gasteiger partial charge in [-0.05, 0) is 48.9 Å². The summed E-state index contributed by atoms with van der Waals surface area (Å²) in [5, 5.41) is 15.3. The average molecular weight is 491 g/mol. The van der Waals surface area contributed by atoms with Crippen molar-refractivity contribution in [1.82, 2.24) is 14.5 Å². The third-order valence-electron chi connectivity index (χ3n) is 6.26. The SMILES string of the molecule is Cc1cc(/C=C2\C(=N)N3N=C(CC(=O)N4CCOCC4)SC3=NC2=O)c(C)n1Cc1ccccc1. The number of fused-ring (bicyclic) bond motifs is 1. The van der Waals surface area contributed by atoms with E-state index < -0.39 is 5.91 Å². The van der Waals surface area contributed by atoms with Crippen molar-refractivity contribution < 1.29 is 14.3 Å². The highest BCUT2D eigenvalue weighted by Crippen LogP contribution is 2.30. The summed E-state index contributed by atoms with van der Waals surface area (Å²) >= 11 is 1.17. The fourth-order valence-electron chi connectivity index (χ4n) is 4.30. The van der Waals surface area contributed by atoms with Crippen LogP contribution < -0.4 is 0 Å². The summed E-state index contributed by atoms with van der Waals surface area (Å²) in [6, 6.07) is 12.2. The lowest BCUT2D eigenvalue weighted by Gasteiger charge is -2.26. The van der Waals surface area contributed by atoms with E-state index in [1.807, 2.05) is 38.1 Å². The quantitative estimate of drug-likeness (QED) is 0.649. The molecule has 10 heteroatoms. The zero-order valence-corrected chi connectivity index (χ0v) is 20.5. The fourth-order valence-corrected chi connectivity index (χ4v) is 5.17. The molecule has 1 fully saturated rings. The number of ether oxygens (including phenoxy) is 1. The van der Waals surface area contributed by atoms with Crippen molar-refractivity contribution in [2.45, 2.75) is 26.8 Å². The minimum atomic E-state index is -0.474. The maximum absolute atomic E-state index is 12.8. The van der Waals surface area contributed by atoms with Crippen LogP contribution in [0.4, 0.5) is 0 Å². The van der Waals surface area contributed by atoms with E-state index in [1.54, 1.807) is 11.0 Å². The summed E-state index contributed by atoms with van der Waals surface area (Å²) in [6.07, 6.45) is 1.83. The van der Waals surface area contributed by atoms with E-state index in [1.165, 1.54) is 22.3 Å². The predicted molar refractivity (Wildman–Crippen MR) is 136 cm³/mol. The van der Waals surface area contributed by atoms with Gasteiger partial charge < -0.3 is 14.2 Å². The number of benzene rings is 1. The van der Waals surface area contributed by atoms with E-state index in [-0.39, 0.29) is 23.7 Å². The van der Waals surface area contributed by atoms with Gasteiger partial charge in [-0.25, -0.2) is 0 Å². The van der Waals surface area contributed by atoms with Crippen LogP contribution in [0.1, 0.15) is 28.9 Å². The first kappa shape index (κ1) is 23.3. The molecule has 1 saturated heterocycles. The Labute approximate surface area is 207 Å². The Morgan fingerprint density at radius 3 is 2.69 bits per heavy atom. The molecule has 5 rings (SSSR count). The van der Waals surface area contributed by atoms with Gasteiger partial charge in [0.05, 0.1) is 25.2 Å². The predicted octanol–water partition coefficient (Wildman–Crippen LogP) is 3.02. The van der Waals surface area contributed by atoms with Gasteiger partial charge in [0.15, 0.2) is 5.84 Å². The van der Waals surface area contributed by atoms with Crippen LogP contribution in [-0.2, 0) is 20.9 Å². The highest BCUT2D eigenvalue weighted by Gasteiger charge is 2.36. The zero-order chi connectivity index (χ0) is 24.5. The number of carbonyl (C=O) groups is 2. The number of rotatable bonds is 5. The number of hydrogen-bond acceptors (Lipinski definition) is 6. The lowest BCUT2D eigenvalue weighted by Crippen LogP contribution is -2.41. The number of nitrogens with zero attached hydrogens (tertiary/aromatic N) is 5. The first-order valence-electron chi connectivity index (χ1n) is 11.5. The summed E-state index contributed by atoms with van der Waals surface area (Å²) in [4.78, 5) is 31.3. The van der Waals surface area contributed by atoms with E-state index in [4.69, 9.17) is 10.1 Å². The number of amides is 2. The Kier molecular flexibility index (Phi) is 6.40. The molecule has 2 aromatic rings. The normalized spacial score (nSPS) is 19.2. The molecule has 0 saturated carbocycles. The highest BCUT2D eigenvalue weighted by molar-refractivity contribution is 8.27. The molecule has 0 aliphatic carbocycles. The van der Waals surface area contributed by atoms with Gasteiger partial charge in [-0.3, -0.25) is 15.0 Å². The van der Waals surface area contributed by atoms with Crippen LogP contribution in [0.5, 0.6) is 0 Å². The number of thioether (sulfide) groups is 1. The number of carbonyl (C=O) groups excluding carboxylic acids is 2. The molecule has 2 amide bonds. The number of hydrazone groups is 1. The minimum absolute atomic E-state index is 0.0332. The van der Waals surface area contributed by atoms with Crippen LogP contribution in [0.15, 0.2) is 52.1 Å². The number of morpholine rings is 1. The summed E-state index contributed by atoms with van der Waals surface area (Å²) in [7, 11) is 0. The fraction of sp³-hybridized carbons (Fsp3) is 0.320. The molecule has 0 atom stereocenters. The third kappa shape index (κ3) is 4.71. The van der Waals surface area contributed by atoms with Gasteiger partial charge in [0, 0.05) is 31.0 Å². The number of nitrogens with one attached hydrogen (secondary N) is 1. The van der Waals surface area contributed by atoms with Gasteiger partial charge in [-0.2, -0.15) is 15.1 Å². The van der Waals surface area contributed by atoms with Gasteiger partial charge in [0.1, 0.15) is 5.04 Å². The smallest absolute Gasteiger partial charge is 0.283 e. The van der Waals surface area contributed by atoms with E-state index >= 15 is 0 Å². The van der Waals surface area contributed by atoms with Gasteiger partial charge in [-0.15, -0.1) is 0 Å². The van der Waals surface area contributed by atoms with E-state index in [0.29, 0.717) is 36.5 Å². The van der Waals surface area contributed by atoms with Crippen molar-refractivity contribution in [3.63, 3.8) is 0 Å². The highest BCUT2D eigenvalue weighted by atomic mass is 32.2. The molecule has 0 unspecified atom stereocenters. The summed E-state index contributed by atoms with van der Waals surface area (Å²) in [5.74, 6) is -0.550. The van der Waals surface area contributed by atoms with Crippen molar-refractivity contribution >= 4 is 45.7 Å². The second-order valence-corrected chi connectivity index (χ2v) is 9.62. The van der Waals surface area contributed by atoms with Gasteiger partial charge >= 0.3 is 0 Å². The maximum Gasteiger partial charge on any atom is 0.283 e. The van der Waals surface area contributed by atoms with Crippen LogP contribution in [0.3, 0.4) is 0 Å². The molecular formula is C25H26N6O3S. The molecule has 35 heavy (non-hydrogen) atoms. The number of hydrogen-bond donors (Lipinski definition) is 1. The average Bonchev–Trinajstić information content (AvgIpc) is 3.38. The van der Waals surface area contributed by atoms with E-state index in [2.05, 4.69) is 26.8 Å². The molecule has 1 aromatic heterocycles. The first-order valence-corrected chi connectivity index (χ1v) is 12.3. The Balaban J connectivity index is 1.36. The molecule has 180 valence electrons. The first-order chi connectivity index (χ1) is 16.9. The molecule has 1 aromatic carbocycles. The Morgan fingerprint density at radius 1 is 1.20 bits per heavy atom. The topological polar surface area (TPSA) is 103 Å². The lowest BCUT2D eigenvalue weighted by molar-refractivity contribution is -0.133. The van der Waals surface area contributed by atoms with Gasteiger partial charge in [0.2, 0.25) is 11.1 Å².